The summed E-state index contributed by atoms with van der Waals surface area (Å²) in [7, 11) is 0. The number of hydrogen-bond donors (Lipinski definition) is 2. The van der Waals surface area contributed by atoms with Crippen molar-refractivity contribution in [3.8, 4) is 0 Å². The van der Waals surface area contributed by atoms with E-state index in [4.69, 9.17) is 16.0 Å². The molecule has 1 unspecified atom stereocenters. The summed E-state index contributed by atoms with van der Waals surface area (Å²) in [6, 6.07) is 9.44. The van der Waals surface area contributed by atoms with Crippen LogP contribution in [0.25, 0.3) is 0 Å². The first-order valence-corrected chi connectivity index (χ1v) is 6.59. The Morgan fingerprint density at radius 3 is 2.79 bits per heavy atom. The maximum Gasteiger partial charge on any atom is 0.136 e. The second-order valence-corrected chi connectivity index (χ2v) is 5.35. The SMILES string of the molecule is Cc1cc(CNCC(C)(O)c2ccco2)ccc1Cl. The van der Waals surface area contributed by atoms with E-state index in [2.05, 4.69) is 5.32 Å². The van der Waals surface area contributed by atoms with Gasteiger partial charge < -0.3 is 14.8 Å². The largest absolute Gasteiger partial charge is 0.466 e. The van der Waals surface area contributed by atoms with E-state index < -0.39 is 5.60 Å². The Morgan fingerprint density at radius 1 is 1.37 bits per heavy atom. The number of halogens is 1. The van der Waals surface area contributed by atoms with Crippen LogP contribution in [0.4, 0.5) is 0 Å². The molecule has 19 heavy (non-hydrogen) atoms. The number of aliphatic hydroxyl groups is 1. The minimum Gasteiger partial charge on any atom is -0.466 e. The van der Waals surface area contributed by atoms with Crippen LogP contribution in [-0.4, -0.2) is 11.7 Å². The van der Waals surface area contributed by atoms with Crippen molar-refractivity contribution in [2.45, 2.75) is 26.0 Å². The average Bonchev–Trinajstić information content (AvgIpc) is 2.88. The average molecular weight is 280 g/mol. The Labute approximate surface area is 118 Å². The molecule has 0 spiro atoms. The Balaban J connectivity index is 1.91. The van der Waals surface area contributed by atoms with E-state index >= 15 is 0 Å². The lowest BCUT2D eigenvalue weighted by molar-refractivity contribution is 0.0340. The molecule has 2 N–H and O–H groups in total. The highest BCUT2D eigenvalue weighted by Crippen LogP contribution is 2.20. The Hall–Kier alpha value is -1.29. The molecule has 2 rings (SSSR count). The Bertz CT molecular complexity index is 535. The van der Waals surface area contributed by atoms with Crippen molar-refractivity contribution in [1.29, 1.82) is 0 Å². The Morgan fingerprint density at radius 2 is 2.16 bits per heavy atom. The van der Waals surface area contributed by atoms with Crippen molar-refractivity contribution < 1.29 is 9.52 Å². The molecule has 2 aromatic rings. The summed E-state index contributed by atoms with van der Waals surface area (Å²) >= 11 is 5.98. The molecule has 1 aromatic heterocycles. The van der Waals surface area contributed by atoms with Gasteiger partial charge in [-0.05, 0) is 43.2 Å². The molecule has 0 aliphatic carbocycles. The van der Waals surface area contributed by atoms with Crippen LogP contribution < -0.4 is 5.32 Å². The minimum absolute atomic E-state index is 0.419. The number of hydrogen-bond acceptors (Lipinski definition) is 3. The van der Waals surface area contributed by atoms with Gasteiger partial charge in [0, 0.05) is 18.1 Å². The summed E-state index contributed by atoms with van der Waals surface area (Å²) in [6.45, 7) is 4.80. The highest BCUT2D eigenvalue weighted by atomic mass is 35.5. The minimum atomic E-state index is -1.01. The lowest BCUT2D eigenvalue weighted by Gasteiger charge is -2.21. The summed E-state index contributed by atoms with van der Waals surface area (Å²) in [5.74, 6) is 0.562. The van der Waals surface area contributed by atoms with E-state index in [9.17, 15) is 5.11 Å². The highest BCUT2D eigenvalue weighted by Gasteiger charge is 2.25. The van der Waals surface area contributed by atoms with Crippen LogP contribution in [0.15, 0.2) is 41.0 Å². The van der Waals surface area contributed by atoms with E-state index in [-0.39, 0.29) is 0 Å². The molecule has 102 valence electrons. The van der Waals surface area contributed by atoms with Gasteiger partial charge in [-0.2, -0.15) is 0 Å². The zero-order chi connectivity index (χ0) is 13.9. The number of aryl methyl sites for hydroxylation is 1. The molecule has 0 fully saturated rings. The van der Waals surface area contributed by atoms with Crippen molar-refractivity contribution in [2.24, 2.45) is 0 Å². The van der Waals surface area contributed by atoms with Gasteiger partial charge in [0.2, 0.25) is 0 Å². The van der Waals surface area contributed by atoms with Crippen LogP contribution >= 0.6 is 11.6 Å². The molecule has 0 radical (unpaired) electrons. The van der Waals surface area contributed by atoms with Gasteiger partial charge in [0.15, 0.2) is 0 Å². The van der Waals surface area contributed by atoms with Crippen LogP contribution in [-0.2, 0) is 12.1 Å². The number of rotatable bonds is 5. The molecule has 0 bridgehead atoms. The smallest absolute Gasteiger partial charge is 0.136 e. The molecular formula is C15H18ClNO2. The number of benzene rings is 1. The van der Waals surface area contributed by atoms with E-state index in [1.807, 2.05) is 25.1 Å². The molecular weight excluding hydrogens is 262 g/mol. The fourth-order valence-corrected chi connectivity index (χ4v) is 2.06. The van der Waals surface area contributed by atoms with Crippen molar-refractivity contribution >= 4 is 11.6 Å². The molecule has 1 heterocycles. The molecule has 0 aliphatic heterocycles. The second-order valence-electron chi connectivity index (χ2n) is 4.94. The van der Waals surface area contributed by atoms with Crippen molar-refractivity contribution in [2.75, 3.05) is 6.54 Å². The number of furan rings is 1. The van der Waals surface area contributed by atoms with Gasteiger partial charge in [-0.1, -0.05) is 23.7 Å². The van der Waals surface area contributed by atoms with Gasteiger partial charge in [-0.3, -0.25) is 0 Å². The third-order valence-corrected chi connectivity index (χ3v) is 3.50. The molecule has 0 amide bonds. The quantitative estimate of drug-likeness (QED) is 0.883. The topological polar surface area (TPSA) is 45.4 Å². The van der Waals surface area contributed by atoms with Gasteiger partial charge in [0.1, 0.15) is 11.4 Å². The molecule has 0 saturated carbocycles. The number of nitrogens with one attached hydrogen (secondary N) is 1. The first-order chi connectivity index (χ1) is 8.99. The highest BCUT2D eigenvalue weighted by molar-refractivity contribution is 6.31. The van der Waals surface area contributed by atoms with E-state index in [1.165, 1.54) is 0 Å². The summed E-state index contributed by atoms with van der Waals surface area (Å²) < 4.78 is 5.23. The molecule has 3 nitrogen and oxygen atoms in total. The van der Waals surface area contributed by atoms with Crippen LogP contribution in [0.5, 0.6) is 0 Å². The van der Waals surface area contributed by atoms with Crippen molar-refractivity contribution in [3.05, 3.63) is 58.5 Å². The van der Waals surface area contributed by atoms with E-state index in [0.717, 1.165) is 16.1 Å². The van der Waals surface area contributed by atoms with Gasteiger partial charge in [0.05, 0.1) is 6.26 Å². The maximum absolute atomic E-state index is 10.3. The fourth-order valence-electron chi connectivity index (χ4n) is 1.94. The molecule has 0 saturated heterocycles. The summed E-state index contributed by atoms with van der Waals surface area (Å²) in [5.41, 5.74) is 1.18. The maximum atomic E-state index is 10.3. The molecule has 4 heteroatoms. The normalized spacial score (nSPS) is 14.3. The Kier molecular flexibility index (Phi) is 4.30. The van der Waals surface area contributed by atoms with Crippen LogP contribution in [0.1, 0.15) is 23.8 Å². The van der Waals surface area contributed by atoms with Gasteiger partial charge >= 0.3 is 0 Å². The molecule has 0 aliphatic rings. The third-order valence-electron chi connectivity index (χ3n) is 3.07. The van der Waals surface area contributed by atoms with Crippen LogP contribution in [0.3, 0.4) is 0 Å². The zero-order valence-electron chi connectivity index (χ0n) is 11.1. The third kappa shape index (κ3) is 3.60. The van der Waals surface area contributed by atoms with Crippen LogP contribution in [0.2, 0.25) is 5.02 Å². The summed E-state index contributed by atoms with van der Waals surface area (Å²) in [6.07, 6.45) is 1.56. The second kappa shape index (κ2) is 5.78. The summed E-state index contributed by atoms with van der Waals surface area (Å²) in [5, 5.41) is 14.3. The first kappa shape index (κ1) is 14.1. The molecule has 1 atom stereocenters. The predicted octanol–water partition coefficient (Wildman–Crippen LogP) is 3.24. The van der Waals surface area contributed by atoms with Crippen LogP contribution in [0, 0.1) is 6.92 Å². The standard InChI is InChI=1S/C15H18ClNO2/c1-11-8-12(5-6-13(11)16)9-17-10-15(2,18)14-4-3-7-19-14/h3-8,17-18H,9-10H2,1-2H3. The van der Waals surface area contributed by atoms with Gasteiger partial charge in [-0.15, -0.1) is 0 Å². The van der Waals surface area contributed by atoms with Gasteiger partial charge in [0.25, 0.3) is 0 Å². The lowest BCUT2D eigenvalue weighted by Crippen LogP contribution is -2.34. The lowest BCUT2D eigenvalue weighted by atomic mass is 10.0. The first-order valence-electron chi connectivity index (χ1n) is 6.21. The fraction of sp³-hybridized carbons (Fsp3) is 0.333. The van der Waals surface area contributed by atoms with E-state index in [0.29, 0.717) is 18.8 Å². The van der Waals surface area contributed by atoms with E-state index in [1.54, 1.807) is 25.3 Å². The monoisotopic (exact) mass is 279 g/mol. The van der Waals surface area contributed by atoms with Gasteiger partial charge in [-0.25, -0.2) is 0 Å². The zero-order valence-corrected chi connectivity index (χ0v) is 11.9. The van der Waals surface area contributed by atoms with Crippen molar-refractivity contribution in [1.82, 2.24) is 5.32 Å². The van der Waals surface area contributed by atoms with Crippen molar-refractivity contribution in [3.63, 3.8) is 0 Å². The predicted molar refractivity (Wildman–Crippen MR) is 76.2 cm³/mol. The summed E-state index contributed by atoms with van der Waals surface area (Å²) in [4.78, 5) is 0. The molecule has 1 aromatic carbocycles.